The molecule has 0 fully saturated rings. The summed E-state index contributed by atoms with van der Waals surface area (Å²) in [5.41, 5.74) is 2.00. The summed E-state index contributed by atoms with van der Waals surface area (Å²) in [6.45, 7) is 4.15. The van der Waals surface area contributed by atoms with Crippen molar-refractivity contribution >= 4 is 22.9 Å². The molecule has 0 aliphatic rings. The van der Waals surface area contributed by atoms with Gasteiger partial charge in [0, 0.05) is 10.4 Å². The lowest BCUT2D eigenvalue weighted by molar-refractivity contribution is 1.05. The van der Waals surface area contributed by atoms with Crippen molar-refractivity contribution < 1.29 is 0 Å². The lowest BCUT2D eigenvalue weighted by Gasteiger charge is -2.05. The van der Waals surface area contributed by atoms with Crippen molar-refractivity contribution in [2.75, 3.05) is 0 Å². The van der Waals surface area contributed by atoms with Crippen LogP contribution in [0.25, 0.3) is 10.6 Å². The zero-order chi connectivity index (χ0) is 10.8. The molecule has 2 heterocycles. The molecule has 0 saturated carbocycles. The van der Waals surface area contributed by atoms with Gasteiger partial charge in [0.1, 0.15) is 11.5 Å². The molecule has 0 N–H and O–H groups in total. The van der Waals surface area contributed by atoms with Crippen molar-refractivity contribution in [3.05, 3.63) is 34.1 Å². The highest BCUT2D eigenvalue weighted by Gasteiger charge is 2.11. The molecular weight excluding hydrogens is 228 g/mol. The Bertz CT molecular complexity index is 479. The average Bonchev–Trinajstić information content (AvgIpc) is 2.64. The van der Waals surface area contributed by atoms with E-state index in [2.05, 4.69) is 35.9 Å². The molecule has 2 nitrogen and oxygen atoms in total. The Hall–Kier alpha value is -0.930. The summed E-state index contributed by atoms with van der Waals surface area (Å²) in [6.07, 6.45) is 2.37. The normalized spacial score (nSPS) is 10.6. The molecule has 0 radical (unpaired) electrons. The number of hydrogen-bond acceptors (Lipinski definition) is 3. The number of aromatic nitrogens is 2. The minimum Gasteiger partial charge on any atom is -0.235 e. The van der Waals surface area contributed by atoms with Gasteiger partial charge >= 0.3 is 0 Å². The molecule has 0 bridgehead atoms. The van der Waals surface area contributed by atoms with Crippen LogP contribution in [0.3, 0.4) is 0 Å². The van der Waals surface area contributed by atoms with Crippen LogP contribution < -0.4 is 0 Å². The molecule has 78 valence electrons. The molecule has 15 heavy (non-hydrogen) atoms. The Morgan fingerprint density at radius 2 is 2.13 bits per heavy atom. The Labute approximate surface area is 98.0 Å². The van der Waals surface area contributed by atoms with Crippen LogP contribution in [0.1, 0.15) is 17.4 Å². The highest BCUT2D eigenvalue weighted by molar-refractivity contribution is 7.15. The molecule has 2 aromatic rings. The molecule has 2 rings (SSSR count). The fourth-order valence-corrected chi connectivity index (χ4v) is 2.64. The molecule has 0 aromatic carbocycles. The maximum Gasteiger partial charge on any atom is 0.136 e. The largest absolute Gasteiger partial charge is 0.235 e. The van der Waals surface area contributed by atoms with E-state index in [9.17, 15) is 0 Å². The molecule has 0 aliphatic carbocycles. The van der Waals surface area contributed by atoms with Crippen molar-refractivity contribution in [2.24, 2.45) is 0 Å². The summed E-state index contributed by atoms with van der Waals surface area (Å²) in [5, 5.41) is 0.563. The molecule has 0 spiro atoms. The first kappa shape index (κ1) is 10.6. The maximum absolute atomic E-state index is 6.04. The number of hydrogen-bond donors (Lipinski definition) is 0. The van der Waals surface area contributed by atoms with E-state index in [0.29, 0.717) is 5.15 Å². The second kappa shape index (κ2) is 4.29. The van der Waals surface area contributed by atoms with Gasteiger partial charge in [-0.25, -0.2) is 9.97 Å². The van der Waals surface area contributed by atoms with E-state index in [1.54, 1.807) is 11.3 Å². The van der Waals surface area contributed by atoms with Gasteiger partial charge < -0.3 is 0 Å². The summed E-state index contributed by atoms with van der Waals surface area (Å²) in [4.78, 5) is 10.8. The van der Waals surface area contributed by atoms with Crippen molar-refractivity contribution in [1.29, 1.82) is 0 Å². The maximum atomic E-state index is 6.04. The topological polar surface area (TPSA) is 25.8 Å². The second-order valence-corrected chi connectivity index (χ2v) is 4.90. The number of halogens is 1. The van der Waals surface area contributed by atoms with Gasteiger partial charge in [0.15, 0.2) is 0 Å². The van der Waals surface area contributed by atoms with E-state index in [4.69, 9.17) is 11.6 Å². The van der Waals surface area contributed by atoms with Crippen LogP contribution in [-0.4, -0.2) is 9.97 Å². The monoisotopic (exact) mass is 238 g/mol. The zero-order valence-corrected chi connectivity index (χ0v) is 10.2. The molecule has 0 saturated heterocycles. The lowest BCUT2D eigenvalue weighted by atomic mass is 10.1. The first-order chi connectivity index (χ1) is 7.22. The van der Waals surface area contributed by atoms with Gasteiger partial charge in [-0.1, -0.05) is 18.5 Å². The van der Waals surface area contributed by atoms with Gasteiger partial charge in [-0.3, -0.25) is 0 Å². The zero-order valence-electron chi connectivity index (χ0n) is 8.62. The highest BCUT2D eigenvalue weighted by atomic mass is 35.5. The van der Waals surface area contributed by atoms with Crippen LogP contribution in [0.15, 0.2) is 18.5 Å². The first-order valence-electron chi connectivity index (χ1n) is 4.78. The van der Waals surface area contributed by atoms with Gasteiger partial charge in [0.05, 0.1) is 10.6 Å². The fraction of sp³-hybridized carbons (Fsp3) is 0.273. The van der Waals surface area contributed by atoms with Crippen molar-refractivity contribution in [1.82, 2.24) is 9.97 Å². The highest BCUT2D eigenvalue weighted by Crippen LogP contribution is 2.31. The van der Waals surface area contributed by atoms with Crippen LogP contribution in [0.4, 0.5) is 0 Å². The van der Waals surface area contributed by atoms with E-state index in [1.807, 2.05) is 0 Å². The first-order valence-corrected chi connectivity index (χ1v) is 5.98. The van der Waals surface area contributed by atoms with E-state index in [1.165, 1.54) is 11.2 Å². The summed E-state index contributed by atoms with van der Waals surface area (Å²) in [6, 6.07) is 4.17. The predicted molar refractivity (Wildman–Crippen MR) is 64.5 cm³/mol. The van der Waals surface area contributed by atoms with Crippen LogP contribution >= 0.6 is 22.9 Å². The van der Waals surface area contributed by atoms with Gasteiger partial charge in [0.2, 0.25) is 0 Å². The molecule has 0 unspecified atom stereocenters. The van der Waals surface area contributed by atoms with Crippen LogP contribution in [0.5, 0.6) is 0 Å². The van der Waals surface area contributed by atoms with Gasteiger partial charge in [-0.15, -0.1) is 11.3 Å². The van der Waals surface area contributed by atoms with Crippen molar-refractivity contribution in [3.8, 4) is 10.6 Å². The summed E-state index contributed by atoms with van der Waals surface area (Å²) in [7, 11) is 0. The number of aryl methyl sites for hydroxylation is 1. The Morgan fingerprint density at radius 1 is 1.33 bits per heavy atom. The van der Waals surface area contributed by atoms with Gasteiger partial charge in [-0.2, -0.15) is 0 Å². The van der Waals surface area contributed by atoms with E-state index >= 15 is 0 Å². The standard InChI is InChI=1S/C11H11ClN2S/c1-3-8-10(13-6-14-11(8)12)9-5-4-7(2)15-9/h4-6H,3H2,1-2H3. The smallest absolute Gasteiger partial charge is 0.136 e. The van der Waals surface area contributed by atoms with Crippen LogP contribution in [-0.2, 0) is 6.42 Å². The third-order valence-electron chi connectivity index (χ3n) is 2.22. The quantitative estimate of drug-likeness (QED) is 0.745. The predicted octanol–water partition coefficient (Wildman–Crippen LogP) is 3.73. The SMILES string of the molecule is CCc1c(Cl)ncnc1-c1ccc(C)s1. The van der Waals surface area contributed by atoms with E-state index in [-0.39, 0.29) is 0 Å². The lowest BCUT2D eigenvalue weighted by Crippen LogP contribution is -1.93. The number of rotatable bonds is 2. The van der Waals surface area contributed by atoms with Crippen LogP contribution in [0.2, 0.25) is 5.15 Å². The Morgan fingerprint density at radius 3 is 2.73 bits per heavy atom. The van der Waals surface area contributed by atoms with Crippen LogP contribution in [0, 0.1) is 6.92 Å². The third-order valence-corrected chi connectivity index (χ3v) is 3.55. The molecule has 4 heteroatoms. The van der Waals surface area contributed by atoms with Crippen molar-refractivity contribution in [3.63, 3.8) is 0 Å². The van der Waals surface area contributed by atoms with E-state index in [0.717, 1.165) is 22.6 Å². The van der Waals surface area contributed by atoms with Crippen molar-refractivity contribution in [2.45, 2.75) is 20.3 Å². The third kappa shape index (κ3) is 2.03. The Kier molecular flexibility index (Phi) is 3.03. The van der Waals surface area contributed by atoms with E-state index < -0.39 is 0 Å². The van der Waals surface area contributed by atoms with Gasteiger partial charge in [0.25, 0.3) is 0 Å². The Balaban J connectivity index is 2.57. The molecular formula is C11H11ClN2S. The average molecular weight is 239 g/mol. The summed E-state index contributed by atoms with van der Waals surface area (Å²) < 4.78 is 0. The fourth-order valence-electron chi connectivity index (χ4n) is 1.48. The minimum absolute atomic E-state index is 0.563. The minimum atomic E-state index is 0.563. The molecule has 0 amide bonds. The molecule has 0 atom stereocenters. The van der Waals surface area contributed by atoms with Gasteiger partial charge in [-0.05, 0) is 25.5 Å². The molecule has 0 aliphatic heterocycles. The summed E-state index contributed by atoms with van der Waals surface area (Å²) >= 11 is 7.77. The summed E-state index contributed by atoms with van der Waals surface area (Å²) in [5.74, 6) is 0. The molecule has 2 aromatic heterocycles. The number of thiophene rings is 1. The second-order valence-electron chi connectivity index (χ2n) is 3.26. The number of nitrogens with zero attached hydrogens (tertiary/aromatic N) is 2.